The van der Waals surface area contributed by atoms with E-state index < -0.39 is 45.5 Å². The van der Waals surface area contributed by atoms with Crippen molar-refractivity contribution in [3.05, 3.63) is 160 Å². The number of thioether (sulfide) groups is 2. The van der Waals surface area contributed by atoms with Gasteiger partial charge < -0.3 is 24.9 Å². The Morgan fingerprint density at radius 2 is 1.57 bits per heavy atom. The third-order valence-electron chi connectivity index (χ3n) is 10.3. The van der Waals surface area contributed by atoms with Gasteiger partial charge in [-0.15, -0.1) is 11.3 Å². The van der Waals surface area contributed by atoms with Crippen molar-refractivity contribution in [1.29, 1.82) is 0 Å². The average Bonchev–Trinajstić information content (AvgIpc) is 4.02. The van der Waals surface area contributed by atoms with Crippen molar-refractivity contribution in [2.45, 2.75) is 33.1 Å². The largest absolute Gasteiger partial charge is 0.497 e. The van der Waals surface area contributed by atoms with Crippen molar-refractivity contribution in [2.75, 3.05) is 42.1 Å². The van der Waals surface area contributed by atoms with E-state index in [-0.39, 0.29) is 35.2 Å². The number of carbonyl (C=O) groups excluding carboxylic acids is 3. The number of methoxy groups -OCH3 is 1. The van der Waals surface area contributed by atoms with E-state index in [0.717, 1.165) is 27.8 Å². The van der Waals surface area contributed by atoms with Crippen LogP contribution in [-0.4, -0.2) is 95.2 Å². The first kappa shape index (κ1) is 46.2. The molecule has 6 aromatic rings. The monoisotopic (exact) mass is 1030 g/mol. The maximum absolute atomic E-state index is 14.2. The van der Waals surface area contributed by atoms with Crippen LogP contribution in [0.1, 0.15) is 27.9 Å². The first-order valence-electron chi connectivity index (χ1n) is 19.9. The zero-order valence-corrected chi connectivity index (χ0v) is 40.4. The number of alkyl halides is 1. The molecule has 3 atom stereocenters. The Labute approximate surface area is 402 Å². The summed E-state index contributed by atoms with van der Waals surface area (Å²) >= 11 is 8.74. The quantitative estimate of drug-likeness (QED) is 0.0156. The molecule has 2 N–H and O–H groups in total. The summed E-state index contributed by atoms with van der Waals surface area (Å²) in [5, 5.41) is 13.0. The number of thiazole rings is 1. The number of halogens is 1. The Kier molecular flexibility index (Phi) is 15.1. The molecule has 65 heavy (non-hydrogen) atoms. The minimum Gasteiger partial charge on any atom is -0.497 e. The number of nitrogens with one attached hydrogen (secondary N) is 2. The molecule has 0 bridgehead atoms. The third-order valence-corrected chi connectivity index (χ3v) is 16.6. The van der Waals surface area contributed by atoms with Crippen LogP contribution in [-0.2, 0) is 46.9 Å². The lowest BCUT2D eigenvalue weighted by atomic mass is 9.77. The summed E-state index contributed by atoms with van der Waals surface area (Å²) in [6, 6.07) is 35.8. The molecule has 0 spiro atoms. The number of carbonyl (C=O) groups is 3. The maximum Gasteiger partial charge on any atom is 0.355 e. The van der Waals surface area contributed by atoms with E-state index in [1.165, 1.54) is 58.4 Å². The molecule has 1 saturated heterocycles. The van der Waals surface area contributed by atoms with Crippen LogP contribution in [0.5, 0.6) is 5.75 Å². The van der Waals surface area contributed by atoms with E-state index in [4.69, 9.17) is 19.3 Å². The first-order chi connectivity index (χ1) is 31.7. The van der Waals surface area contributed by atoms with Gasteiger partial charge in [-0.2, -0.15) is 4.37 Å². The average molecular weight is 1030 g/mol. The van der Waals surface area contributed by atoms with Gasteiger partial charge in [0.1, 0.15) is 47.8 Å². The molecular formula is C45H40BrN7O7S5. The van der Waals surface area contributed by atoms with Gasteiger partial charge in [0, 0.05) is 22.2 Å². The predicted octanol–water partition coefficient (Wildman–Crippen LogP) is 7.45. The number of hydrogen-bond acceptors (Lipinski definition) is 16. The number of β-lactam (4-membered cyclic amide) rings is 1. The molecule has 14 nitrogen and oxygen atoms in total. The van der Waals surface area contributed by atoms with Crippen LogP contribution >= 0.6 is 62.3 Å². The molecule has 334 valence electrons. The topological polar surface area (TPSA) is 174 Å². The Hall–Kier alpha value is -5.38. The summed E-state index contributed by atoms with van der Waals surface area (Å²) in [6.45, 7) is -0.0856. The number of ether oxygens (including phenoxy) is 2. The number of benzene rings is 4. The van der Waals surface area contributed by atoms with Gasteiger partial charge in [-0.05, 0) is 51.5 Å². The van der Waals surface area contributed by atoms with Crippen molar-refractivity contribution in [3.8, 4) is 5.75 Å². The van der Waals surface area contributed by atoms with Crippen molar-refractivity contribution in [3.63, 3.8) is 0 Å². The molecule has 2 unspecified atom stereocenters. The molecule has 2 amide bonds. The van der Waals surface area contributed by atoms with Crippen LogP contribution in [0.15, 0.2) is 147 Å². The molecule has 4 aromatic carbocycles. The normalized spacial score (nSPS) is 17.2. The highest BCUT2D eigenvalue weighted by Crippen LogP contribution is 2.41. The van der Waals surface area contributed by atoms with E-state index in [1.54, 1.807) is 36.8 Å². The zero-order valence-electron chi connectivity index (χ0n) is 34.8. The Bertz CT molecular complexity index is 2630. The molecule has 2 aromatic heterocycles. The van der Waals surface area contributed by atoms with Crippen molar-refractivity contribution in [1.82, 2.24) is 24.6 Å². The van der Waals surface area contributed by atoms with E-state index in [2.05, 4.69) is 41.1 Å². The number of oxime groups is 1. The molecule has 20 heteroatoms. The summed E-state index contributed by atoms with van der Waals surface area (Å²) in [6.07, 6.45) is 0. The van der Waals surface area contributed by atoms with Crippen molar-refractivity contribution in [2.24, 2.45) is 5.16 Å². The summed E-state index contributed by atoms with van der Waals surface area (Å²) in [4.78, 5) is 58.0. The molecule has 1 fully saturated rings. The number of hydrogen-bond donors (Lipinski definition) is 2. The molecule has 0 radical (unpaired) electrons. The van der Waals surface area contributed by atoms with Crippen LogP contribution in [0.3, 0.4) is 0 Å². The molecular weight excluding hydrogens is 991 g/mol. The van der Waals surface area contributed by atoms with Gasteiger partial charge >= 0.3 is 5.97 Å². The van der Waals surface area contributed by atoms with Crippen LogP contribution in [0.4, 0.5) is 5.13 Å². The smallest absolute Gasteiger partial charge is 0.355 e. The van der Waals surface area contributed by atoms with E-state index in [1.807, 2.05) is 91.0 Å². The lowest BCUT2D eigenvalue weighted by Crippen LogP contribution is -2.74. The number of esters is 1. The van der Waals surface area contributed by atoms with Gasteiger partial charge in [-0.25, -0.2) is 14.8 Å². The highest BCUT2D eigenvalue weighted by atomic mass is 79.9. The van der Waals surface area contributed by atoms with Gasteiger partial charge in [0.15, 0.2) is 15.2 Å². The summed E-state index contributed by atoms with van der Waals surface area (Å²) < 4.78 is 30.1. The Balaban J connectivity index is 1.04. The fraction of sp³-hybridized carbons (Fsp3) is 0.222. The summed E-state index contributed by atoms with van der Waals surface area (Å²) in [5.41, 5.74) is 3.11. The molecule has 2 aliphatic rings. The number of amides is 2. The fourth-order valence-electron chi connectivity index (χ4n) is 7.37. The highest BCUT2D eigenvalue weighted by molar-refractivity contribution is 9.09. The van der Waals surface area contributed by atoms with Gasteiger partial charge in [-0.3, -0.25) is 18.7 Å². The number of nitrogens with zero attached hydrogens (tertiary/aromatic N) is 5. The van der Waals surface area contributed by atoms with Crippen molar-refractivity contribution >= 4 is 102 Å². The van der Waals surface area contributed by atoms with Crippen molar-refractivity contribution < 1.29 is 32.9 Å². The second kappa shape index (κ2) is 21.3. The van der Waals surface area contributed by atoms with Gasteiger partial charge in [-0.1, -0.05) is 148 Å². The molecule has 2 aliphatic heterocycles. The minimum atomic E-state index is -1.73. The second-order valence-electron chi connectivity index (χ2n) is 14.3. The fourth-order valence-corrected chi connectivity index (χ4v) is 12.8. The van der Waals surface area contributed by atoms with Gasteiger partial charge in [0.2, 0.25) is 5.16 Å². The lowest BCUT2D eigenvalue weighted by molar-refractivity contribution is -0.153. The van der Waals surface area contributed by atoms with Crippen LogP contribution < -0.4 is 15.4 Å². The lowest BCUT2D eigenvalue weighted by Gasteiger charge is -2.49. The maximum atomic E-state index is 14.2. The van der Waals surface area contributed by atoms with Gasteiger partial charge in [0.05, 0.1) is 23.7 Å². The standard InChI is InChI=1S/C45H40BrN7O7S5/c1-58-33-20-18-28(19-21-33)24-60-41(56)37-29(25-63-44-49-43(52-64-44)61-23-22-46)27-65(57)40-36(39(55)53(37)40)48-38(54)35(51-59-2)34-26-62-42(47-34)50-45(30-12-6-3-7-13-30,31-14-8-4-9-15-31)32-16-10-5-11-17-32/h3-21,26,36,40H,22-25,27H2,1-2H3,(H,47,50)(H,48,54)/b51-35-/t36?,40-,65?/m1/s1. The van der Waals surface area contributed by atoms with E-state index in [9.17, 15) is 18.6 Å². The third kappa shape index (κ3) is 10.1. The van der Waals surface area contributed by atoms with Crippen LogP contribution in [0.25, 0.3) is 0 Å². The van der Waals surface area contributed by atoms with E-state index in [0.29, 0.717) is 31.5 Å². The van der Waals surface area contributed by atoms with E-state index >= 15 is 0 Å². The SMILES string of the molecule is CO/N=C(\C(=O)NC1C(=O)N2C(C(=O)OCc3ccc(OC)cc3)=C(CSc3nc(SCCBr)ns3)CS(=O)[C@H]12)c1csc(NC(c2ccccc2)(c2ccccc2)c2ccccc2)n1. The molecule has 0 saturated carbocycles. The molecule has 0 aliphatic carbocycles. The second-order valence-corrected chi connectivity index (χ2v) is 20.5. The summed E-state index contributed by atoms with van der Waals surface area (Å²) in [5.74, 6) is -0.569. The van der Waals surface area contributed by atoms with Crippen LogP contribution in [0, 0.1) is 0 Å². The number of rotatable bonds is 19. The van der Waals surface area contributed by atoms with Crippen LogP contribution in [0.2, 0.25) is 0 Å². The number of fused-ring (bicyclic) bond motifs is 1. The molecule has 8 rings (SSSR count). The molecule has 4 heterocycles. The predicted molar refractivity (Wildman–Crippen MR) is 259 cm³/mol. The Morgan fingerprint density at radius 3 is 2.17 bits per heavy atom. The first-order valence-corrected chi connectivity index (χ1v) is 26.1. The minimum absolute atomic E-state index is 0.00996. The number of aromatic nitrogens is 3. The van der Waals surface area contributed by atoms with Gasteiger partial charge in [0.25, 0.3) is 11.8 Å². The Morgan fingerprint density at radius 1 is 0.923 bits per heavy atom. The number of anilines is 1. The summed E-state index contributed by atoms with van der Waals surface area (Å²) in [7, 11) is 1.13. The zero-order chi connectivity index (χ0) is 45.3. The highest BCUT2D eigenvalue weighted by Gasteiger charge is 2.57.